The first-order valence-electron chi connectivity index (χ1n) is 10.9. The molecule has 186 valence electrons. The second-order valence-electron chi connectivity index (χ2n) is 8.86. The molecule has 1 aromatic carbocycles. The largest absolute Gasteiger partial charge is 0.490 e. The molecule has 1 amide bonds. The van der Waals surface area contributed by atoms with Crippen molar-refractivity contribution < 1.29 is 37.1 Å². The number of halogens is 3. The van der Waals surface area contributed by atoms with Crippen LogP contribution in [0.4, 0.5) is 13.2 Å². The fraction of sp³-hybridized carbons (Fsp3) is 0.522. The molecule has 34 heavy (non-hydrogen) atoms. The van der Waals surface area contributed by atoms with Crippen molar-refractivity contribution in [2.75, 3.05) is 26.2 Å². The number of carbonyl (C=O) groups is 2. The third-order valence-electron chi connectivity index (χ3n) is 6.01. The molecule has 8 nitrogen and oxygen atoms in total. The van der Waals surface area contributed by atoms with E-state index in [1.165, 1.54) is 22.9 Å². The molecule has 1 atom stereocenters. The van der Waals surface area contributed by atoms with Gasteiger partial charge in [0.2, 0.25) is 5.76 Å². The normalized spacial score (nSPS) is 19.6. The Morgan fingerprint density at radius 1 is 1.26 bits per heavy atom. The molecule has 1 unspecified atom stereocenters. The third-order valence-corrected chi connectivity index (χ3v) is 6.01. The van der Waals surface area contributed by atoms with Crippen molar-refractivity contribution in [2.45, 2.75) is 45.0 Å². The number of likely N-dealkylation sites (tertiary alicyclic amines) is 1. The minimum Gasteiger partial charge on any atom is -0.475 e. The average Bonchev–Trinajstić information content (AvgIpc) is 3.29. The van der Waals surface area contributed by atoms with Gasteiger partial charge in [-0.3, -0.25) is 9.69 Å². The van der Waals surface area contributed by atoms with E-state index in [-0.39, 0.29) is 17.3 Å². The van der Waals surface area contributed by atoms with E-state index in [4.69, 9.17) is 19.2 Å². The highest BCUT2D eigenvalue weighted by atomic mass is 19.4. The summed E-state index contributed by atoms with van der Waals surface area (Å²) in [4.78, 5) is 23.3. The molecule has 2 aliphatic rings. The van der Waals surface area contributed by atoms with E-state index in [0.717, 1.165) is 32.5 Å². The highest BCUT2D eigenvalue weighted by molar-refractivity contribution is 5.91. The molecule has 0 saturated carbocycles. The maximum atomic E-state index is 11.9. The van der Waals surface area contributed by atoms with Crippen molar-refractivity contribution in [1.29, 1.82) is 0 Å². The van der Waals surface area contributed by atoms with E-state index in [0.29, 0.717) is 19.1 Å². The Morgan fingerprint density at radius 3 is 2.53 bits per heavy atom. The first-order valence-corrected chi connectivity index (χ1v) is 10.9. The van der Waals surface area contributed by atoms with Crippen LogP contribution < -0.4 is 5.32 Å². The fourth-order valence-corrected chi connectivity index (χ4v) is 4.08. The first-order chi connectivity index (χ1) is 16.0. The Labute approximate surface area is 195 Å². The van der Waals surface area contributed by atoms with Gasteiger partial charge in [0.05, 0.1) is 18.4 Å². The Hall–Kier alpha value is -2.92. The number of nitrogens with one attached hydrogen (secondary N) is 1. The van der Waals surface area contributed by atoms with Crippen LogP contribution in [0.2, 0.25) is 0 Å². The number of aliphatic carboxylic acids is 1. The third kappa shape index (κ3) is 6.80. The lowest BCUT2D eigenvalue weighted by Gasteiger charge is -2.53. The number of rotatable bonds is 5. The van der Waals surface area contributed by atoms with Crippen LogP contribution in [0.3, 0.4) is 0 Å². The minimum absolute atomic E-state index is 0.0170. The lowest BCUT2D eigenvalue weighted by molar-refractivity contribution is -0.192. The van der Waals surface area contributed by atoms with Crippen LogP contribution in [-0.2, 0) is 16.1 Å². The van der Waals surface area contributed by atoms with Gasteiger partial charge in [-0.05, 0) is 43.7 Å². The molecule has 2 fully saturated rings. The number of hydrogen-bond donors (Lipinski definition) is 2. The van der Waals surface area contributed by atoms with Gasteiger partial charge in [0, 0.05) is 32.2 Å². The molecule has 2 aromatic rings. The van der Waals surface area contributed by atoms with Crippen molar-refractivity contribution >= 4 is 11.9 Å². The number of carboxylic acids is 1. The predicted octanol–water partition coefficient (Wildman–Crippen LogP) is 3.34. The molecular weight excluding hydrogens is 455 g/mol. The van der Waals surface area contributed by atoms with Gasteiger partial charge in [-0.15, -0.1) is 0 Å². The molecule has 0 bridgehead atoms. The molecule has 11 heteroatoms. The van der Waals surface area contributed by atoms with Crippen LogP contribution in [0.5, 0.6) is 0 Å². The summed E-state index contributed by atoms with van der Waals surface area (Å²) < 4.78 is 42.8. The van der Waals surface area contributed by atoms with Gasteiger partial charge in [0.1, 0.15) is 0 Å². The summed E-state index contributed by atoms with van der Waals surface area (Å²) in [5, 5.41) is 13.6. The Bertz CT molecular complexity index is 978. The molecule has 2 N–H and O–H groups in total. The van der Waals surface area contributed by atoms with E-state index < -0.39 is 12.1 Å². The standard InChI is InChI=1S/C21H27N3O3.C2HF3O2/c1-15-3-4-16(2)18(9-15)11-24-13-21(14-24)7-5-17(12-26-21)10-22-20(25)19-6-8-23-27-19;3-2(4,5)1(6)7/h3-4,6,8-9,17H,5,7,10-14H2,1-2H3,(H,22,25);(H,6,7). The quantitative estimate of drug-likeness (QED) is 0.672. The number of aromatic nitrogens is 1. The number of ether oxygens (including phenoxy) is 1. The number of nitrogens with zero attached hydrogens (tertiary/aromatic N) is 2. The van der Waals surface area contributed by atoms with Gasteiger partial charge in [-0.25, -0.2) is 4.79 Å². The topological polar surface area (TPSA) is 105 Å². The Balaban J connectivity index is 0.000000406. The van der Waals surface area contributed by atoms with Crippen LogP contribution in [0.25, 0.3) is 0 Å². The summed E-state index contributed by atoms with van der Waals surface area (Å²) in [5.74, 6) is -2.36. The second kappa shape index (κ2) is 10.6. The van der Waals surface area contributed by atoms with Gasteiger partial charge in [0.15, 0.2) is 0 Å². The number of hydrogen-bond acceptors (Lipinski definition) is 6. The lowest BCUT2D eigenvalue weighted by Crippen LogP contribution is -2.64. The lowest BCUT2D eigenvalue weighted by atomic mass is 9.82. The molecule has 2 saturated heterocycles. The van der Waals surface area contributed by atoms with Gasteiger partial charge in [0.25, 0.3) is 5.91 Å². The summed E-state index contributed by atoms with van der Waals surface area (Å²) in [5.41, 5.74) is 4.10. The zero-order chi connectivity index (χ0) is 24.9. The zero-order valence-corrected chi connectivity index (χ0v) is 19.0. The second-order valence-corrected chi connectivity index (χ2v) is 8.86. The maximum Gasteiger partial charge on any atom is 0.490 e. The summed E-state index contributed by atoms with van der Waals surface area (Å²) in [6, 6.07) is 8.23. The van der Waals surface area contributed by atoms with Crippen molar-refractivity contribution in [3.63, 3.8) is 0 Å². The Morgan fingerprint density at radius 2 is 1.97 bits per heavy atom. The molecular formula is C23H28F3N3O5. The van der Waals surface area contributed by atoms with Gasteiger partial charge in [-0.1, -0.05) is 28.9 Å². The monoisotopic (exact) mass is 483 g/mol. The molecule has 2 aliphatic heterocycles. The number of amides is 1. The Kier molecular flexibility index (Phi) is 7.98. The predicted molar refractivity (Wildman–Crippen MR) is 115 cm³/mol. The highest BCUT2D eigenvalue weighted by Crippen LogP contribution is 2.36. The van der Waals surface area contributed by atoms with Crippen LogP contribution in [0.1, 0.15) is 40.1 Å². The molecule has 0 aliphatic carbocycles. The summed E-state index contributed by atoms with van der Waals surface area (Å²) in [6.45, 7) is 8.63. The molecule has 4 rings (SSSR count). The molecule has 3 heterocycles. The summed E-state index contributed by atoms with van der Waals surface area (Å²) in [7, 11) is 0. The van der Waals surface area contributed by atoms with Crippen LogP contribution in [-0.4, -0.2) is 65.1 Å². The first kappa shape index (κ1) is 25.7. The van der Waals surface area contributed by atoms with E-state index in [9.17, 15) is 18.0 Å². The van der Waals surface area contributed by atoms with Crippen molar-refractivity contribution in [2.24, 2.45) is 5.92 Å². The summed E-state index contributed by atoms with van der Waals surface area (Å²) in [6.07, 6.45) is -1.48. The zero-order valence-electron chi connectivity index (χ0n) is 19.0. The fourth-order valence-electron chi connectivity index (χ4n) is 4.08. The van der Waals surface area contributed by atoms with Gasteiger partial charge in [-0.2, -0.15) is 13.2 Å². The SMILES string of the molecule is Cc1ccc(C)c(CN2CC3(CCC(CNC(=O)c4ccno4)CO3)C2)c1.O=C(O)C(F)(F)F. The number of carbonyl (C=O) groups excluding carboxylic acids is 1. The van der Waals surface area contributed by atoms with E-state index in [2.05, 4.69) is 47.4 Å². The number of carboxylic acid groups (broad SMARTS) is 1. The summed E-state index contributed by atoms with van der Waals surface area (Å²) >= 11 is 0. The van der Waals surface area contributed by atoms with E-state index in [1.54, 1.807) is 6.07 Å². The van der Waals surface area contributed by atoms with E-state index >= 15 is 0 Å². The molecule has 1 spiro atoms. The van der Waals surface area contributed by atoms with Crippen molar-refractivity contribution in [3.8, 4) is 0 Å². The van der Waals surface area contributed by atoms with Crippen molar-refractivity contribution in [3.05, 3.63) is 52.9 Å². The maximum absolute atomic E-state index is 11.9. The van der Waals surface area contributed by atoms with Crippen molar-refractivity contribution in [1.82, 2.24) is 15.4 Å². The smallest absolute Gasteiger partial charge is 0.475 e. The number of alkyl halides is 3. The van der Waals surface area contributed by atoms with Crippen LogP contribution >= 0.6 is 0 Å². The van der Waals surface area contributed by atoms with Crippen LogP contribution in [0, 0.1) is 19.8 Å². The molecule has 1 aromatic heterocycles. The molecule has 0 radical (unpaired) electrons. The van der Waals surface area contributed by atoms with Crippen LogP contribution in [0.15, 0.2) is 35.0 Å². The number of benzene rings is 1. The van der Waals surface area contributed by atoms with E-state index in [1.807, 2.05) is 0 Å². The van der Waals surface area contributed by atoms with Gasteiger partial charge < -0.3 is 19.7 Å². The number of aryl methyl sites for hydroxylation is 2. The highest BCUT2D eigenvalue weighted by Gasteiger charge is 2.46. The van der Waals surface area contributed by atoms with Gasteiger partial charge >= 0.3 is 12.1 Å². The minimum atomic E-state index is -5.08. The average molecular weight is 483 g/mol.